The Balaban J connectivity index is 1.99. The summed E-state index contributed by atoms with van der Waals surface area (Å²) >= 11 is 1.26. The largest absolute Gasteiger partial charge is 0.384 e. The summed E-state index contributed by atoms with van der Waals surface area (Å²) in [6.45, 7) is 0.128. The summed E-state index contributed by atoms with van der Waals surface area (Å²) in [5.41, 5.74) is 0.939. The van der Waals surface area contributed by atoms with Gasteiger partial charge in [0.1, 0.15) is 5.82 Å². The van der Waals surface area contributed by atoms with Crippen molar-refractivity contribution >= 4 is 26.5 Å². The third-order valence-electron chi connectivity index (χ3n) is 2.64. The van der Waals surface area contributed by atoms with E-state index in [1.165, 1.54) is 30.6 Å². The Morgan fingerprint density at radius 2 is 2.05 bits per heavy atom. The van der Waals surface area contributed by atoms with E-state index < -0.39 is 10.0 Å². The molecule has 0 saturated carbocycles. The Morgan fingerprint density at radius 1 is 1.33 bits per heavy atom. The van der Waals surface area contributed by atoms with Crippen LogP contribution in [-0.4, -0.2) is 32.9 Å². The number of halogens is 1. The maximum Gasteiger partial charge on any atom is 0.236 e. The van der Waals surface area contributed by atoms with Crippen molar-refractivity contribution in [2.24, 2.45) is 0 Å². The average Bonchev–Trinajstić information content (AvgIpc) is 2.85. The Morgan fingerprint density at radius 3 is 2.71 bits per heavy atom. The van der Waals surface area contributed by atoms with E-state index in [1.54, 1.807) is 18.3 Å². The molecule has 0 amide bonds. The molecule has 1 aromatic carbocycles. The summed E-state index contributed by atoms with van der Waals surface area (Å²) < 4.78 is 43.4. The van der Waals surface area contributed by atoms with Crippen LogP contribution in [0.2, 0.25) is 0 Å². The third-order valence-corrected chi connectivity index (χ3v) is 4.89. The lowest BCUT2D eigenvalue weighted by Crippen LogP contribution is -2.19. The number of nitrogens with zero attached hydrogens (tertiary/aromatic N) is 1. The number of hydrogen-bond acceptors (Lipinski definition) is 5. The number of benzene rings is 1. The van der Waals surface area contributed by atoms with E-state index in [0.29, 0.717) is 11.6 Å². The van der Waals surface area contributed by atoms with Gasteiger partial charge in [-0.2, -0.15) is 0 Å². The van der Waals surface area contributed by atoms with Gasteiger partial charge in [0.05, 0.1) is 12.4 Å². The Labute approximate surface area is 126 Å². The van der Waals surface area contributed by atoms with Crippen LogP contribution in [0.5, 0.6) is 0 Å². The number of thiazole rings is 1. The molecule has 0 radical (unpaired) electrons. The quantitative estimate of drug-likeness (QED) is 0.845. The second-order valence-electron chi connectivity index (χ2n) is 4.35. The Hall–Kier alpha value is -1.51. The minimum atomic E-state index is -3.44. The van der Waals surface area contributed by atoms with E-state index in [1.807, 2.05) is 0 Å². The molecule has 0 aliphatic carbocycles. The van der Waals surface area contributed by atoms with Crippen LogP contribution in [0.15, 0.2) is 30.5 Å². The number of hydrogen-bond donors (Lipinski definition) is 1. The number of nitrogens with one attached hydrogen (secondary N) is 1. The highest BCUT2D eigenvalue weighted by Gasteiger charge is 2.12. The fourth-order valence-corrected chi connectivity index (χ4v) is 3.67. The smallest absolute Gasteiger partial charge is 0.236 e. The first-order chi connectivity index (χ1) is 9.98. The third kappa shape index (κ3) is 5.07. The van der Waals surface area contributed by atoms with E-state index in [9.17, 15) is 12.8 Å². The van der Waals surface area contributed by atoms with E-state index in [0.717, 1.165) is 10.4 Å². The maximum atomic E-state index is 12.8. The predicted molar refractivity (Wildman–Crippen MR) is 80.6 cm³/mol. The van der Waals surface area contributed by atoms with Gasteiger partial charge in [0, 0.05) is 24.6 Å². The lowest BCUT2D eigenvalue weighted by Gasteiger charge is -2.03. The predicted octanol–water partition coefficient (Wildman–Crippen LogP) is 2.26. The van der Waals surface area contributed by atoms with Crippen molar-refractivity contribution < 1.29 is 17.5 Å². The van der Waals surface area contributed by atoms with Crippen LogP contribution in [-0.2, 0) is 21.2 Å². The zero-order valence-corrected chi connectivity index (χ0v) is 13.0. The van der Waals surface area contributed by atoms with Crippen molar-refractivity contribution in [1.29, 1.82) is 0 Å². The van der Waals surface area contributed by atoms with Gasteiger partial charge < -0.3 is 4.74 Å². The van der Waals surface area contributed by atoms with Crippen LogP contribution in [0, 0.1) is 5.82 Å². The summed E-state index contributed by atoms with van der Waals surface area (Å²) in [4.78, 5) is 4.93. The summed E-state index contributed by atoms with van der Waals surface area (Å²) in [5.74, 6) is -0.397. The molecule has 0 saturated heterocycles. The van der Waals surface area contributed by atoms with Gasteiger partial charge in [-0.3, -0.25) is 4.72 Å². The minimum absolute atomic E-state index is 0.115. The maximum absolute atomic E-state index is 12.8. The average molecular weight is 330 g/mol. The molecule has 0 atom stereocenters. The first-order valence-corrected chi connectivity index (χ1v) is 8.64. The molecule has 0 spiro atoms. The van der Waals surface area contributed by atoms with Gasteiger partial charge in [-0.1, -0.05) is 12.1 Å². The van der Waals surface area contributed by atoms with E-state index >= 15 is 0 Å². The van der Waals surface area contributed by atoms with Gasteiger partial charge in [0.15, 0.2) is 5.13 Å². The number of sulfonamides is 1. The van der Waals surface area contributed by atoms with Crippen LogP contribution in [0.3, 0.4) is 0 Å². The van der Waals surface area contributed by atoms with Crippen molar-refractivity contribution in [3.63, 3.8) is 0 Å². The van der Waals surface area contributed by atoms with Gasteiger partial charge in [-0.25, -0.2) is 17.8 Å². The molecule has 21 heavy (non-hydrogen) atoms. The van der Waals surface area contributed by atoms with Crippen molar-refractivity contribution in [2.75, 3.05) is 24.2 Å². The molecule has 1 heterocycles. The Bertz CT molecular complexity index is 684. The molecular formula is C13H15FN2O3S2. The second kappa shape index (κ2) is 6.97. The molecule has 0 fully saturated rings. The summed E-state index contributed by atoms with van der Waals surface area (Å²) in [6.07, 6.45) is 2.19. The van der Waals surface area contributed by atoms with Gasteiger partial charge in [-0.05, 0) is 17.7 Å². The van der Waals surface area contributed by atoms with E-state index in [4.69, 9.17) is 4.74 Å². The number of methoxy groups -OCH3 is 1. The van der Waals surface area contributed by atoms with Gasteiger partial charge >= 0.3 is 0 Å². The van der Waals surface area contributed by atoms with Crippen molar-refractivity contribution in [3.8, 4) is 0 Å². The standard InChI is InChI=1S/C13H15FN2O3S2/c1-19-6-7-21(17,18)16-13-15-9-12(20-13)8-10-2-4-11(14)5-3-10/h2-5,9H,6-8H2,1H3,(H,15,16). The van der Waals surface area contributed by atoms with Crippen molar-refractivity contribution in [1.82, 2.24) is 4.98 Å². The van der Waals surface area contributed by atoms with Crippen LogP contribution in [0.1, 0.15) is 10.4 Å². The first kappa shape index (κ1) is 15.9. The molecule has 5 nitrogen and oxygen atoms in total. The van der Waals surface area contributed by atoms with Crippen LogP contribution >= 0.6 is 11.3 Å². The lowest BCUT2D eigenvalue weighted by molar-refractivity contribution is 0.217. The fourth-order valence-electron chi connectivity index (χ4n) is 1.62. The summed E-state index contributed by atoms with van der Waals surface area (Å²) in [5, 5.41) is 0.322. The highest BCUT2D eigenvalue weighted by Crippen LogP contribution is 2.22. The van der Waals surface area contributed by atoms with Crippen molar-refractivity contribution in [2.45, 2.75) is 6.42 Å². The molecule has 8 heteroatoms. The molecule has 1 N–H and O–H groups in total. The first-order valence-electron chi connectivity index (χ1n) is 6.17. The molecule has 2 rings (SSSR count). The lowest BCUT2D eigenvalue weighted by atomic mass is 10.1. The normalized spacial score (nSPS) is 11.5. The number of anilines is 1. The molecule has 0 unspecified atom stereocenters. The number of aromatic nitrogens is 1. The molecule has 114 valence electrons. The minimum Gasteiger partial charge on any atom is -0.384 e. The molecular weight excluding hydrogens is 315 g/mol. The second-order valence-corrected chi connectivity index (χ2v) is 7.31. The summed E-state index contributed by atoms with van der Waals surface area (Å²) in [7, 11) is -1.99. The van der Waals surface area contributed by atoms with Crippen LogP contribution in [0.25, 0.3) is 0 Å². The monoisotopic (exact) mass is 330 g/mol. The van der Waals surface area contributed by atoms with Gasteiger partial charge in [0.2, 0.25) is 10.0 Å². The van der Waals surface area contributed by atoms with Gasteiger partial charge in [0.25, 0.3) is 0 Å². The van der Waals surface area contributed by atoms with Crippen LogP contribution in [0.4, 0.5) is 9.52 Å². The number of ether oxygens (including phenoxy) is 1. The number of rotatable bonds is 7. The van der Waals surface area contributed by atoms with Crippen molar-refractivity contribution in [3.05, 3.63) is 46.7 Å². The molecule has 0 aliphatic heterocycles. The Kier molecular flexibility index (Phi) is 5.27. The van der Waals surface area contributed by atoms with Gasteiger partial charge in [-0.15, -0.1) is 11.3 Å². The highest BCUT2D eigenvalue weighted by atomic mass is 32.2. The fraction of sp³-hybridized carbons (Fsp3) is 0.308. The molecule has 2 aromatic rings. The molecule has 0 aliphatic rings. The molecule has 1 aromatic heterocycles. The van der Waals surface area contributed by atoms with Crippen LogP contribution < -0.4 is 4.72 Å². The zero-order chi connectivity index (χ0) is 15.3. The van der Waals surface area contributed by atoms with E-state index in [-0.39, 0.29) is 18.2 Å². The topological polar surface area (TPSA) is 68.3 Å². The highest BCUT2D eigenvalue weighted by molar-refractivity contribution is 7.92. The zero-order valence-electron chi connectivity index (χ0n) is 11.4. The molecule has 0 bridgehead atoms. The van der Waals surface area contributed by atoms with E-state index in [2.05, 4.69) is 9.71 Å². The SMILES string of the molecule is COCCS(=O)(=O)Nc1ncc(Cc2ccc(F)cc2)s1. The summed E-state index contributed by atoms with van der Waals surface area (Å²) in [6, 6.07) is 6.17.